The summed E-state index contributed by atoms with van der Waals surface area (Å²) in [6.45, 7) is 8.01. The molecule has 0 saturated heterocycles. The van der Waals surface area contributed by atoms with Crippen molar-refractivity contribution < 1.29 is 4.74 Å². The SMILES string of the molecule is COCCNCCCc1ncnn1CC(C)C. The molecule has 5 heteroatoms. The molecule has 0 aliphatic heterocycles. The quantitative estimate of drug-likeness (QED) is 0.657. The standard InChI is InChI=1S/C12H24N4O/c1-11(2)9-16-12(14-10-15-16)5-4-6-13-7-8-17-3/h10-11,13H,4-9H2,1-3H3. The van der Waals surface area contributed by atoms with Crippen LogP contribution in [0.4, 0.5) is 0 Å². The summed E-state index contributed by atoms with van der Waals surface area (Å²) >= 11 is 0. The second-order valence-electron chi connectivity index (χ2n) is 4.60. The Bertz CT molecular complexity index is 298. The van der Waals surface area contributed by atoms with Crippen LogP contribution in [-0.2, 0) is 17.7 Å². The fraction of sp³-hybridized carbons (Fsp3) is 0.833. The highest BCUT2D eigenvalue weighted by atomic mass is 16.5. The van der Waals surface area contributed by atoms with Gasteiger partial charge in [0.1, 0.15) is 12.2 Å². The lowest BCUT2D eigenvalue weighted by molar-refractivity contribution is 0.199. The van der Waals surface area contributed by atoms with E-state index in [0.29, 0.717) is 5.92 Å². The van der Waals surface area contributed by atoms with Crippen molar-refractivity contribution in [1.29, 1.82) is 0 Å². The lowest BCUT2D eigenvalue weighted by Gasteiger charge is -2.08. The lowest BCUT2D eigenvalue weighted by Crippen LogP contribution is -2.21. The van der Waals surface area contributed by atoms with Gasteiger partial charge in [0, 0.05) is 26.6 Å². The van der Waals surface area contributed by atoms with Crippen molar-refractivity contribution in [3.05, 3.63) is 12.2 Å². The molecule has 1 aromatic heterocycles. The Hall–Kier alpha value is -0.940. The number of ether oxygens (including phenoxy) is 1. The van der Waals surface area contributed by atoms with Gasteiger partial charge in [0.2, 0.25) is 0 Å². The Balaban J connectivity index is 2.20. The molecule has 0 amide bonds. The minimum Gasteiger partial charge on any atom is -0.383 e. The molecule has 0 saturated carbocycles. The summed E-state index contributed by atoms with van der Waals surface area (Å²) in [5, 5.41) is 7.58. The third kappa shape index (κ3) is 5.79. The molecule has 0 aromatic carbocycles. The summed E-state index contributed by atoms with van der Waals surface area (Å²) in [5.41, 5.74) is 0. The molecule has 1 N–H and O–H groups in total. The van der Waals surface area contributed by atoms with Crippen LogP contribution in [0.2, 0.25) is 0 Å². The Morgan fingerprint density at radius 1 is 1.41 bits per heavy atom. The molecule has 5 nitrogen and oxygen atoms in total. The van der Waals surface area contributed by atoms with Gasteiger partial charge in [0.15, 0.2) is 0 Å². The molecule has 0 aliphatic carbocycles. The molecule has 17 heavy (non-hydrogen) atoms. The average Bonchev–Trinajstić information content (AvgIpc) is 2.70. The highest BCUT2D eigenvalue weighted by molar-refractivity contribution is 4.85. The second-order valence-corrected chi connectivity index (χ2v) is 4.60. The molecule has 1 aromatic rings. The van der Waals surface area contributed by atoms with Crippen LogP contribution < -0.4 is 5.32 Å². The van der Waals surface area contributed by atoms with Gasteiger partial charge < -0.3 is 10.1 Å². The molecule has 0 spiro atoms. The van der Waals surface area contributed by atoms with Crippen molar-refractivity contribution in [3.63, 3.8) is 0 Å². The highest BCUT2D eigenvalue weighted by Crippen LogP contribution is 2.03. The molecule has 0 radical (unpaired) electrons. The number of nitrogens with zero attached hydrogens (tertiary/aromatic N) is 3. The number of aromatic nitrogens is 3. The predicted octanol–water partition coefficient (Wildman–Crippen LogP) is 1.10. The van der Waals surface area contributed by atoms with Crippen molar-refractivity contribution in [1.82, 2.24) is 20.1 Å². The van der Waals surface area contributed by atoms with E-state index in [9.17, 15) is 0 Å². The third-order valence-electron chi connectivity index (χ3n) is 2.47. The van der Waals surface area contributed by atoms with E-state index in [1.54, 1.807) is 13.4 Å². The zero-order chi connectivity index (χ0) is 12.5. The molecule has 1 heterocycles. The summed E-state index contributed by atoms with van der Waals surface area (Å²) in [4.78, 5) is 4.30. The summed E-state index contributed by atoms with van der Waals surface area (Å²) < 4.78 is 6.98. The predicted molar refractivity (Wildman–Crippen MR) is 67.9 cm³/mol. The van der Waals surface area contributed by atoms with Gasteiger partial charge in [-0.15, -0.1) is 0 Å². The molecule has 0 unspecified atom stereocenters. The van der Waals surface area contributed by atoms with E-state index in [-0.39, 0.29) is 0 Å². The zero-order valence-electron chi connectivity index (χ0n) is 11.1. The topological polar surface area (TPSA) is 52.0 Å². The van der Waals surface area contributed by atoms with Crippen molar-refractivity contribution in [2.75, 3.05) is 26.8 Å². The van der Waals surface area contributed by atoms with E-state index >= 15 is 0 Å². The maximum absolute atomic E-state index is 4.97. The molecular formula is C12H24N4O. The van der Waals surface area contributed by atoms with Gasteiger partial charge in [-0.25, -0.2) is 9.67 Å². The number of hydrogen-bond donors (Lipinski definition) is 1. The van der Waals surface area contributed by atoms with Crippen LogP contribution in [0.15, 0.2) is 6.33 Å². The van der Waals surface area contributed by atoms with E-state index in [2.05, 4.69) is 29.2 Å². The summed E-state index contributed by atoms with van der Waals surface area (Å²) in [6, 6.07) is 0. The first-order chi connectivity index (χ1) is 8.24. The molecule has 0 bridgehead atoms. The first-order valence-electron chi connectivity index (χ1n) is 6.30. The minimum absolute atomic E-state index is 0.607. The normalized spacial score (nSPS) is 11.3. The monoisotopic (exact) mass is 240 g/mol. The maximum Gasteiger partial charge on any atom is 0.138 e. The first-order valence-corrected chi connectivity index (χ1v) is 6.30. The Kier molecular flexibility index (Phi) is 6.81. The van der Waals surface area contributed by atoms with E-state index in [0.717, 1.165) is 44.9 Å². The summed E-state index contributed by atoms with van der Waals surface area (Å²) in [6.07, 6.45) is 3.71. The van der Waals surface area contributed by atoms with E-state index in [1.165, 1.54) is 0 Å². The van der Waals surface area contributed by atoms with Crippen LogP contribution in [0.1, 0.15) is 26.1 Å². The van der Waals surface area contributed by atoms with Gasteiger partial charge in [-0.3, -0.25) is 0 Å². The third-order valence-corrected chi connectivity index (χ3v) is 2.47. The van der Waals surface area contributed by atoms with Crippen LogP contribution in [0.3, 0.4) is 0 Å². The van der Waals surface area contributed by atoms with E-state index < -0.39 is 0 Å². The Morgan fingerprint density at radius 3 is 2.94 bits per heavy atom. The minimum atomic E-state index is 0.607. The van der Waals surface area contributed by atoms with Gasteiger partial charge in [-0.05, 0) is 18.9 Å². The van der Waals surface area contributed by atoms with Gasteiger partial charge >= 0.3 is 0 Å². The molecule has 1 rings (SSSR count). The molecular weight excluding hydrogens is 216 g/mol. The average molecular weight is 240 g/mol. The van der Waals surface area contributed by atoms with Crippen LogP contribution in [0.25, 0.3) is 0 Å². The van der Waals surface area contributed by atoms with Gasteiger partial charge in [0.25, 0.3) is 0 Å². The largest absolute Gasteiger partial charge is 0.383 e. The van der Waals surface area contributed by atoms with Gasteiger partial charge in [0.05, 0.1) is 6.61 Å². The zero-order valence-corrected chi connectivity index (χ0v) is 11.1. The van der Waals surface area contributed by atoms with Crippen LogP contribution >= 0.6 is 0 Å². The number of aryl methyl sites for hydroxylation is 1. The first kappa shape index (κ1) is 14.1. The number of nitrogens with one attached hydrogen (secondary N) is 1. The lowest BCUT2D eigenvalue weighted by atomic mass is 10.2. The van der Waals surface area contributed by atoms with Crippen LogP contribution in [0.5, 0.6) is 0 Å². The van der Waals surface area contributed by atoms with Gasteiger partial charge in [-0.2, -0.15) is 5.10 Å². The Morgan fingerprint density at radius 2 is 2.24 bits per heavy atom. The molecule has 0 atom stereocenters. The van der Waals surface area contributed by atoms with Crippen molar-refractivity contribution in [2.24, 2.45) is 5.92 Å². The van der Waals surface area contributed by atoms with Crippen molar-refractivity contribution >= 4 is 0 Å². The molecule has 0 fully saturated rings. The summed E-state index contributed by atoms with van der Waals surface area (Å²) in [7, 11) is 1.72. The van der Waals surface area contributed by atoms with Crippen molar-refractivity contribution in [2.45, 2.75) is 33.2 Å². The van der Waals surface area contributed by atoms with Crippen LogP contribution in [0, 0.1) is 5.92 Å². The van der Waals surface area contributed by atoms with E-state index in [1.807, 2.05) is 4.68 Å². The fourth-order valence-electron chi connectivity index (χ4n) is 1.65. The highest BCUT2D eigenvalue weighted by Gasteiger charge is 2.05. The maximum atomic E-state index is 4.97. The summed E-state index contributed by atoms with van der Waals surface area (Å²) in [5.74, 6) is 1.70. The number of rotatable bonds is 9. The number of hydrogen-bond acceptors (Lipinski definition) is 4. The molecule has 98 valence electrons. The molecule has 0 aliphatic rings. The van der Waals surface area contributed by atoms with E-state index in [4.69, 9.17) is 4.74 Å². The Labute approximate surface area is 104 Å². The van der Waals surface area contributed by atoms with Crippen LogP contribution in [-0.4, -0.2) is 41.6 Å². The smallest absolute Gasteiger partial charge is 0.138 e. The fourth-order valence-corrected chi connectivity index (χ4v) is 1.65. The van der Waals surface area contributed by atoms with Crippen molar-refractivity contribution in [3.8, 4) is 0 Å². The second kappa shape index (κ2) is 8.20. The van der Waals surface area contributed by atoms with Gasteiger partial charge in [-0.1, -0.05) is 13.8 Å². The number of methoxy groups -OCH3 is 1.